The molecule has 4 nitrogen and oxygen atoms in total. The number of carbonyl (C=O) groups is 1. The van der Waals surface area contributed by atoms with Crippen LogP contribution in [0, 0.1) is 17.5 Å². The molecule has 7 heteroatoms. The number of nitrogens with zero attached hydrogens (tertiary/aromatic N) is 1. The Balaban J connectivity index is 1.20. The Kier molecular flexibility index (Phi) is 5.14. The quantitative estimate of drug-likeness (QED) is 0.511. The molecule has 2 fully saturated rings. The van der Waals surface area contributed by atoms with Crippen LogP contribution in [0.4, 0.5) is 18.0 Å². The topological polar surface area (TPSA) is 49.8 Å². The Hall–Kier alpha value is -3.32. The van der Waals surface area contributed by atoms with Gasteiger partial charge in [-0.05, 0) is 35.1 Å². The fourth-order valence-electron chi connectivity index (χ4n) is 6.38. The van der Waals surface area contributed by atoms with E-state index in [1.165, 1.54) is 0 Å². The molecule has 2 unspecified atom stereocenters. The summed E-state index contributed by atoms with van der Waals surface area (Å²) in [7, 11) is 0. The normalized spacial score (nSPS) is 24.9. The molecule has 3 aliphatic rings. The van der Waals surface area contributed by atoms with Crippen LogP contribution in [0.5, 0.6) is 0 Å². The fraction of sp³-hybridized carbons (Fsp3) is 0.321. The van der Waals surface area contributed by atoms with E-state index < -0.39 is 46.8 Å². The number of hydrogen-bond acceptors (Lipinski definition) is 3. The molecule has 1 aliphatic carbocycles. The third-order valence-electron chi connectivity index (χ3n) is 7.79. The first-order valence-corrected chi connectivity index (χ1v) is 11.9. The lowest BCUT2D eigenvalue weighted by molar-refractivity contribution is -0.0573. The van der Waals surface area contributed by atoms with Crippen molar-refractivity contribution in [3.8, 4) is 11.1 Å². The lowest BCUT2D eigenvalue weighted by Crippen LogP contribution is -2.52. The van der Waals surface area contributed by atoms with Crippen molar-refractivity contribution in [3.05, 3.63) is 94.8 Å². The number of amides is 1. The number of fused-ring (bicyclic) bond motifs is 5. The molecular formula is C28H24F3NO3. The highest BCUT2D eigenvalue weighted by Gasteiger charge is 2.52. The van der Waals surface area contributed by atoms with Gasteiger partial charge in [0.1, 0.15) is 24.1 Å². The monoisotopic (exact) mass is 479 g/mol. The summed E-state index contributed by atoms with van der Waals surface area (Å²) in [5.41, 5.74) is 2.15. The van der Waals surface area contributed by atoms with Crippen molar-refractivity contribution < 1.29 is 27.8 Å². The smallest absolute Gasteiger partial charge is 0.410 e. The number of carbonyl (C=O) groups excluding carboxylic acids is 1. The van der Waals surface area contributed by atoms with Crippen LogP contribution in [0.2, 0.25) is 0 Å². The predicted octanol–water partition coefficient (Wildman–Crippen LogP) is 5.87. The molecule has 0 radical (unpaired) electrons. The molecule has 1 amide bonds. The fourth-order valence-corrected chi connectivity index (χ4v) is 6.38. The summed E-state index contributed by atoms with van der Waals surface area (Å²) in [5, 5.41) is 11.2. The van der Waals surface area contributed by atoms with E-state index in [1.54, 1.807) is 4.90 Å². The number of hydrogen-bond donors (Lipinski definition) is 1. The van der Waals surface area contributed by atoms with E-state index in [2.05, 4.69) is 12.1 Å². The lowest BCUT2D eigenvalue weighted by Gasteiger charge is -2.43. The van der Waals surface area contributed by atoms with Crippen LogP contribution in [-0.2, 0) is 10.3 Å². The molecule has 2 saturated heterocycles. The molecule has 6 rings (SSSR count). The van der Waals surface area contributed by atoms with Gasteiger partial charge in [0, 0.05) is 43.0 Å². The molecule has 3 aromatic rings. The molecule has 3 aromatic carbocycles. The molecule has 0 aromatic heterocycles. The van der Waals surface area contributed by atoms with Crippen LogP contribution < -0.4 is 0 Å². The van der Waals surface area contributed by atoms with E-state index in [4.69, 9.17) is 4.74 Å². The first kappa shape index (κ1) is 22.2. The second kappa shape index (κ2) is 8.12. The highest BCUT2D eigenvalue weighted by molar-refractivity contribution is 5.79. The highest BCUT2D eigenvalue weighted by atomic mass is 19.1. The van der Waals surface area contributed by atoms with Crippen molar-refractivity contribution in [2.45, 2.75) is 49.3 Å². The third-order valence-corrected chi connectivity index (χ3v) is 7.79. The van der Waals surface area contributed by atoms with E-state index in [1.807, 2.05) is 36.4 Å². The maximum absolute atomic E-state index is 14.5. The van der Waals surface area contributed by atoms with E-state index in [-0.39, 0.29) is 25.4 Å². The van der Waals surface area contributed by atoms with E-state index in [0.717, 1.165) is 22.3 Å². The predicted molar refractivity (Wildman–Crippen MR) is 123 cm³/mol. The summed E-state index contributed by atoms with van der Waals surface area (Å²) in [6.45, 7) is 0.175. The van der Waals surface area contributed by atoms with Crippen LogP contribution >= 0.6 is 0 Å². The summed E-state index contributed by atoms with van der Waals surface area (Å²) in [6, 6.07) is 16.5. The zero-order valence-corrected chi connectivity index (χ0v) is 18.9. The van der Waals surface area contributed by atoms with E-state index in [9.17, 15) is 23.1 Å². The highest BCUT2D eigenvalue weighted by Crippen LogP contribution is 2.48. The summed E-state index contributed by atoms with van der Waals surface area (Å²) in [4.78, 5) is 14.8. The van der Waals surface area contributed by atoms with E-state index in [0.29, 0.717) is 25.0 Å². The van der Waals surface area contributed by atoms with Gasteiger partial charge < -0.3 is 14.7 Å². The first-order valence-electron chi connectivity index (χ1n) is 11.9. The van der Waals surface area contributed by atoms with Gasteiger partial charge in [-0.2, -0.15) is 0 Å². The summed E-state index contributed by atoms with van der Waals surface area (Å²) in [6.07, 6.45) is 0.644. The van der Waals surface area contributed by atoms with Gasteiger partial charge in [0.05, 0.1) is 11.2 Å². The molecule has 2 heterocycles. The Labute approximate surface area is 201 Å². The third kappa shape index (κ3) is 3.52. The summed E-state index contributed by atoms with van der Waals surface area (Å²) >= 11 is 0. The molecule has 180 valence electrons. The maximum atomic E-state index is 14.5. The molecular weight excluding hydrogens is 455 g/mol. The van der Waals surface area contributed by atoms with Crippen molar-refractivity contribution in [2.24, 2.45) is 0 Å². The van der Waals surface area contributed by atoms with Crippen molar-refractivity contribution in [2.75, 3.05) is 6.61 Å². The van der Waals surface area contributed by atoms with Gasteiger partial charge >= 0.3 is 6.09 Å². The second-order valence-electron chi connectivity index (χ2n) is 9.78. The van der Waals surface area contributed by atoms with Gasteiger partial charge in [0.25, 0.3) is 0 Å². The molecule has 0 saturated carbocycles. The van der Waals surface area contributed by atoms with Gasteiger partial charge in [-0.25, -0.2) is 18.0 Å². The van der Waals surface area contributed by atoms with Gasteiger partial charge in [-0.15, -0.1) is 0 Å². The summed E-state index contributed by atoms with van der Waals surface area (Å²) < 4.78 is 48.1. The van der Waals surface area contributed by atoms with Gasteiger partial charge in [-0.3, -0.25) is 0 Å². The molecule has 2 aliphatic heterocycles. The number of ether oxygens (including phenoxy) is 1. The van der Waals surface area contributed by atoms with Gasteiger partial charge in [-0.1, -0.05) is 48.5 Å². The average molecular weight is 479 g/mol. The minimum absolute atomic E-state index is 0.0346. The van der Waals surface area contributed by atoms with Gasteiger partial charge in [0.15, 0.2) is 0 Å². The van der Waals surface area contributed by atoms with Crippen molar-refractivity contribution in [1.82, 2.24) is 4.90 Å². The first-order chi connectivity index (χ1) is 16.9. The molecule has 35 heavy (non-hydrogen) atoms. The SMILES string of the molecule is O=C(OCC1c2ccccc2-c2ccccc21)N1C2CCC1CC(O)(c1c(F)cc(F)cc1F)C2. The maximum Gasteiger partial charge on any atom is 0.410 e. The molecule has 2 atom stereocenters. The lowest BCUT2D eigenvalue weighted by atomic mass is 9.80. The Morgan fingerprint density at radius 1 is 0.914 bits per heavy atom. The molecule has 1 N–H and O–H groups in total. The van der Waals surface area contributed by atoms with Crippen LogP contribution in [0.15, 0.2) is 60.7 Å². The minimum Gasteiger partial charge on any atom is -0.448 e. The number of benzene rings is 3. The summed E-state index contributed by atoms with van der Waals surface area (Å²) in [5.74, 6) is -3.34. The average Bonchev–Trinajstić information content (AvgIpc) is 3.29. The molecule has 0 spiro atoms. The van der Waals surface area contributed by atoms with Crippen LogP contribution in [0.1, 0.15) is 48.3 Å². The van der Waals surface area contributed by atoms with E-state index >= 15 is 0 Å². The largest absolute Gasteiger partial charge is 0.448 e. The number of aliphatic hydroxyl groups is 1. The van der Waals surface area contributed by atoms with Crippen molar-refractivity contribution in [3.63, 3.8) is 0 Å². The van der Waals surface area contributed by atoms with Crippen LogP contribution in [0.3, 0.4) is 0 Å². The second-order valence-corrected chi connectivity index (χ2v) is 9.78. The standard InChI is InChI=1S/C28H24F3NO3/c29-16-11-24(30)26(25(31)12-16)28(34)13-17-9-10-18(14-28)32(17)27(33)35-15-23-21-7-3-1-5-19(21)20-6-2-4-8-22(20)23/h1-8,11-12,17-18,23,34H,9-10,13-15H2. The number of rotatable bonds is 3. The zero-order valence-electron chi connectivity index (χ0n) is 18.9. The minimum atomic E-state index is -1.81. The van der Waals surface area contributed by atoms with Crippen molar-refractivity contribution in [1.29, 1.82) is 0 Å². The Morgan fingerprint density at radius 2 is 1.43 bits per heavy atom. The Bertz CT molecular complexity index is 1240. The Morgan fingerprint density at radius 3 is 1.97 bits per heavy atom. The number of piperidine rings is 1. The van der Waals surface area contributed by atoms with Gasteiger partial charge in [0.2, 0.25) is 0 Å². The van der Waals surface area contributed by atoms with Crippen LogP contribution in [0.25, 0.3) is 11.1 Å². The molecule has 2 bridgehead atoms. The zero-order chi connectivity index (χ0) is 24.3. The number of halogens is 3. The van der Waals surface area contributed by atoms with Crippen LogP contribution in [-0.4, -0.2) is 34.8 Å². The van der Waals surface area contributed by atoms with Crippen molar-refractivity contribution >= 4 is 6.09 Å².